The van der Waals surface area contributed by atoms with Crippen LogP contribution in [0.15, 0.2) is 4.99 Å². The summed E-state index contributed by atoms with van der Waals surface area (Å²) in [6.45, 7) is 3.73. The molecule has 0 radical (unpaired) electrons. The van der Waals surface area contributed by atoms with Crippen LogP contribution >= 0.6 is 24.0 Å². The van der Waals surface area contributed by atoms with Gasteiger partial charge in [-0.25, -0.2) is 0 Å². The predicted octanol–water partition coefficient (Wildman–Crippen LogP) is 1.85. The summed E-state index contributed by atoms with van der Waals surface area (Å²) >= 11 is 0. The minimum atomic E-state index is -4.14. The summed E-state index contributed by atoms with van der Waals surface area (Å²) in [4.78, 5) is 5.55. The summed E-state index contributed by atoms with van der Waals surface area (Å²) in [5.41, 5.74) is 0. The third kappa shape index (κ3) is 9.56. The maximum Gasteiger partial charge on any atom is 0.401 e. The second-order valence-electron chi connectivity index (χ2n) is 6.64. The lowest BCUT2D eigenvalue weighted by Gasteiger charge is -2.19. The normalized spacial score (nSPS) is 24.5. The molecule has 0 amide bonds. The molecule has 2 aliphatic heterocycles. The Kier molecular flexibility index (Phi) is 11.1. The Morgan fingerprint density at radius 2 is 2.15 bits per heavy atom. The molecule has 26 heavy (non-hydrogen) atoms. The molecule has 154 valence electrons. The molecular formula is C16H30F3IN4O2. The maximum absolute atomic E-state index is 12.4. The van der Waals surface area contributed by atoms with E-state index in [1.165, 1.54) is 4.90 Å². The van der Waals surface area contributed by atoms with Crippen molar-refractivity contribution in [2.75, 3.05) is 59.7 Å². The number of likely N-dealkylation sites (tertiary alicyclic amines) is 1. The molecule has 2 atom stereocenters. The summed E-state index contributed by atoms with van der Waals surface area (Å²) < 4.78 is 48.2. The fourth-order valence-corrected chi connectivity index (χ4v) is 3.08. The first kappa shape index (κ1) is 23.7. The van der Waals surface area contributed by atoms with Gasteiger partial charge in [-0.3, -0.25) is 9.89 Å². The molecule has 10 heteroatoms. The lowest BCUT2D eigenvalue weighted by Crippen LogP contribution is -2.45. The summed E-state index contributed by atoms with van der Waals surface area (Å²) in [5.74, 6) is 1.15. The molecule has 0 bridgehead atoms. The van der Waals surface area contributed by atoms with Gasteiger partial charge in [-0.2, -0.15) is 13.2 Å². The fourth-order valence-electron chi connectivity index (χ4n) is 3.08. The van der Waals surface area contributed by atoms with Crippen molar-refractivity contribution in [3.63, 3.8) is 0 Å². The van der Waals surface area contributed by atoms with Crippen molar-refractivity contribution in [1.82, 2.24) is 15.5 Å². The molecule has 2 fully saturated rings. The molecule has 6 nitrogen and oxygen atoms in total. The van der Waals surface area contributed by atoms with E-state index in [0.29, 0.717) is 44.5 Å². The van der Waals surface area contributed by atoms with Crippen molar-refractivity contribution in [3.05, 3.63) is 0 Å². The standard InChI is InChI=1S/C16H29F3N4O2.HI/c1-20-15(21-5-2-7-24-10-13-4-8-25-11-13)22-14-3-6-23(9-14)12-16(17,18)19;/h13-14H,2-12H2,1H3,(H2,20,21,22);1H. The van der Waals surface area contributed by atoms with Gasteiger partial charge < -0.3 is 20.1 Å². The Bertz CT molecular complexity index is 421. The quantitative estimate of drug-likeness (QED) is 0.234. The number of halogens is 4. The van der Waals surface area contributed by atoms with E-state index in [2.05, 4.69) is 15.6 Å². The summed E-state index contributed by atoms with van der Waals surface area (Å²) in [6.07, 6.45) is -1.54. The SMILES string of the molecule is CN=C(NCCCOCC1CCOC1)NC1CCN(CC(F)(F)F)C1.I. The highest BCUT2D eigenvalue weighted by molar-refractivity contribution is 14.0. The van der Waals surface area contributed by atoms with Gasteiger partial charge in [0.1, 0.15) is 0 Å². The van der Waals surface area contributed by atoms with Gasteiger partial charge in [0.25, 0.3) is 0 Å². The van der Waals surface area contributed by atoms with E-state index in [-0.39, 0.29) is 30.0 Å². The molecule has 2 rings (SSSR count). The molecule has 2 N–H and O–H groups in total. The van der Waals surface area contributed by atoms with Crippen LogP contribution in [0.4, 0.5) is 13.2 Å². The molecular weight excluding hydrogens is 464 g/mol. The number of alkyl halides is 3. The van der Waals surface area contributed by atoms with Crippen LogP contribution in [0, 0.1) is 5.92 Å². The van der Waals surface area contributed by atoms with Crippen LogP contribution in [-0.2, 0) is 9.47 Å². The van der Waals surface area contributed by atoms with E-state index < -0.39 is 12.7 Å². The number of ether oxygens (including phenoxy) is 2. The van der Waals surface area contributed by atoms with Crippen molar-refractivity contribution >= 4 is 29.9 Å². The van der Waals surface area contributed by atoms with Crippen molar-refractivity contribution < 1.29 is 22.6 Å². The third-order valence-corrected chi connectivity index (χ3v) is 4.38. The van der Waals surface area contributed by atoms with Gasteiger partial charge in [0.2, 0.25) is 0 Å². The van der Waals surface area contributed by atoms with Crippen LogP contribution < -0.4 is 10.6 Å². The molecule has 2 saturated heterocycles. The Morgan fingerprint density at radius 3 is 2.81 bits per heavy atom. The number of hydrogen-bond donors (Lipinski definition) is 2. The van der Waals surface area contributed by atoms with Gasteiger partial charge in [-0.05, 0) is 19.3 Å². The number of hydrogen-bond acceptors (Lipinski definition) is 4. The molecule has 0 saturated carbocycles. The molecule has 0 aliphatic carbocycles. The topological polar surface area (TPSA) is 58.1 Å². The number of aliphatic imine (C=N–C) groups is 1. The third-order valence-electron chi connectivity index (χ3n) is 4.38. The van der Waals surface area contributed by atoms with Crippen molar-refractivity contribution in [2.45, 2.75) is 31.5 Å². The predicted molar refractivity (Wildman–Crippen MR) is 105 cm³/mol. The highest BCUT2D eigenvalue weighted by atomic mass is 127. The lowest BCUT2D eigenvalue weighted by atomic mass is 10.1. The van der Waals surface area contributed by atoms with E-state index in [4.69, 9.17) is 9.47 Å². The van der Waals surface area contributed by atoms with Crippen LogP contribution in [0.25, 0.3) is 0 Å². The van der Waals surface area contributed by atoms with Crippen LogP contribution in [0.3, 0.4) is 0 Å². The zero-order valence-electron chi connectivity index (χ0n) is 15.2. The molecule has 0 aromatic carbocycles. The van der Waals surface area contributed by atoms with Gasteiger partial charge in [0.15, 0.2) is 5.96 Å². The molecule has 0 aromatic rings. The summed E-state index contributed by atoms with van der Waals surface area (Å²) in [7, 11) is 1.66. The first-order valence-electron chi connectivity index (χ1n) is 8.88. The van der Waals surface area contributed by atoms with Crippen LogP contribution in [0.5, 0.6) is 0 Å². The second-order valence-corrected chi connectivity index (χ2v) is 6.64. The van der Waals surface area contributed by atoms with E-state index in [1.807, 2.05) is 0 Å². The number of guanidine groups is 1. The largest absolute Gasteiger partial charge is 0.401 e. The Morgan fingerprint density at radius 1 is 1.35 bits per heavy atom. The molecule has 0 aromatic heterocycles. The lowest BCUT2D eigenvalue weighted by molar-refractivity contribution is -0.143. The zero-order valence-corrected chi connectivity index (χ0v) is 17.5. The van der Waals surface area contributed by atoms with E-state index in [1.54, 1.807) is 7.05 Å². The van der Waals surface area contributed by atoms with Gasteiger partial charge in [-0.1, -0.05) is 0 Å². The van der Waals surface area contributed by atoms with Crippen molar-refractivity contribution in [2.24, 2.45) is 10.9 Å². The number of rotatable bonds is 8. The number of nitrogens with zero attached hydrogens (tertiary/aromatic N) is 2. The van der Waals surface area contributed by atoms with Gasteiger partial charge in [0.05, 0.1) is 19.8 Å². The average molecular weight is 494 g/mol. The Balaban J connectivity index is 0.00000338. The minimum absolute atomic E-state index is 0. The van der Waals surface area contributed by atoms with E-state index in [0.717, 1.165) is 32.7 Å². The van der Waals surface area contributed by atoms with Gasteiger partial charge in [-0.15, -0.1) is 24.0 Å². The average Bonchev–Trinajstić information content (AvgIpc) is 3.20. The van der Waals surface area contributed by atoms with E-state index >= 15 is 0 Å². The monoisotopic (exact) mass is 494 g/mol. The van der Waals surface area contributed by atoms with Crippen LogP contribution in [-0.4, -0.2) is 82.7 Å². The number of nitrogens with one attached hydrogen (secondary N) is 2. The first-order chi connectivity index (χ1) is 12.0. The summed E-state index contributed by atoms with van der Waals surface area (Å²) in [5, 5.41) is 6.37. The molecule has 0 spiro atoms. The van der Waals surface area contributed by atoms with Crippen LogP contribution in [0.1, 0.15) is 19.3 Å². The van der Waals surface area contributed by atoms with Gasteiger partial charge >= 0.3 is 6.18 Å². The van der Waals surface area contributed by atoms with Crippen molar-refractivity contribution in [1.29, 1.82) is 0 Å². The highest BCUT2D eigenvalue weighted by Gasteiger charge is 2.34. The van der Waals surface area contributed by atoms with Gasteiger partial charge in [0, 0.05) is 51.9 Å². The van der Waals surface area contributed by atoms with Crippen LogP contribution in [0.2, 0.25) is 0 Å². The first-order valence-corrected chi connectivity index (χ1v) is 8.88. The highest BCUT2D eigenvalue weighted by Crippen LogP contribution is 2.19. The molecule has 2 heterocycles. The second kappa shape index (κ2) is 12.2. The summed E-state index contributed by atoms with van der Waals surface area (Å²) in [6, 6.07) is -0.00725. The van der Waals surface area contributed by atoms with E-state index in [9.17, 15) is 13.2 Å². The zero-order chi connectivity index (χ0) is 18.1. The molecule has 2 unspecified atom stereocenters. The van der Waals surface area contributed by atoms with Crippen molar-refractivity contribution in [3.8, 4) is 0 Å². The Hall–Kier alpha value is -0.330. The fraction of sp³-hybridized carbons (Fsp3) is 0.938. The maximum atomic E-state index is 12.4. The molecule has 2 aliphatic rings. The minimum Gasteiger partial charge on any atom is -0.381 e. The smallest absolute Gasteiger partial charge is 0.381 e. The Labute approximate surface area is 170 Å².